The van der Waals surface area contributed by atoms with Crippen molar-refractivity contribution in [1.29, 1.82) is 0 Å². The fourth-order valence-electron chi connectivity index (χ4n) is 0.875. The smallest absolute Gasteiger partial charge is 0.107 e. The third kappa shape index (κ3) is 2.25. The van der Waals surface area contributed by atoms with Crippen molar-refractivity contribution in [2.75, 3.05) is 0 Å². The van der Waals surface area contributed by atoms with Gasteiger partial charge in [-0.1, -0.05) is 19.1 Å². The number of thiocarbonyl (C=S) groups is 1. The Balaban J connectivity index is 3.15. The molecule has 1 aromatic heterocycles. The van der Waals surface area contributed by atoms with Crippen molar-refractivity contribution in [3.63, 3.8) is 0 Å². The predicted molar refractivity (Wildman–Crippen MR) is 57.2 cm³/mol. The summed E-state index contributed by atoms with van der Waals surface area (Å²) in [5.74, 6) is 0. The molecule has 0 fully saturated rings. The number of hydrogen-bond donors (Lipinski definition) is 1. The summed E-state index contributed by atoms with van der Waals surface area (Å²) in [4.78, 5) is 4.65. The van der Waals surface area contributed by atoms with Gasteiger partial charge in [-0.3, -0.25) is 0 Å². The maximum absolute atomic E-state index is 5.49. The van der Waals surface area contributed by atoms with Crippen LogP contribution in [-0.4, -0.2) is 9.97 Å². The number of nitrogens with two attached hydrogens (primary N) is 1. The van der Waals surface area contributed by atoms with Crippen LogP contribution >= 0.6 is 28.1 Å². The number of rotatable bonds is 2. The molecule has 64 valence electrons. The first-order valence-electron chi connectivity index (χ1n) is 3.59. The molecule has 0 unspecified atom stereocenters. The third-order valence-electron chi connectivity index (χ3n) is 1.49. The summed E-state index contributed by atoms with van der Waals surface area (Å²) in [7, 11) is 0. The molecular weight excluding hydrogens is 236 g/mol. The summed E-state index contributed by atoms with van der Waals surface area (Å²) in [6, 6.07) is 3.73. The third-order valence-corrected chi connectivity index (χ3v) is 2.14. The number of aromatic nitrogens is 1. The minimum atomic E-state index is 0.410. The van der Waals surface area contributed by atoms with E-state index in [1.54, 1.807) is 0 Å². The van der Waals surface area contributed by atoms with Gasteiger partial charge in [0.1, 0.15) is 9.59 Å². The highest BCUT2D eigenvalue weighted by atomic mass is 79.9. The van der Waals surface area contributed by atoms with E-state index in [0.717, 1.165) is 22.3 Å². The zero-order valence-electron chi connectivity index (χ0n) is 6.67. The van der Waals surface area contributed by atoms with Crippen LogP contribution in [0.1, 0.15) is 18.2 Å². The van der Waals surface area contributed by atoms with Crippen LogP contribution in [0.4, 0.5) is 0 Å². The zero-order chi connectivity index (χ0) is 9.14. The summed E-state index contributed by atoms with van der Waals surface area (Å²) in [6.07, 6.45) is 0.884. The van der Waals surface area contributed by atoms with Gasteiger partial charge in [-0.25, -0.2) is 4.98 Å². The van der Waals surface area contributed by atoms with E-state index in [4.69, 9.17) is 18.0 Å². The molecule has 4 heteroatoms. The Morgan fingerprint density at radius 2 is 2.33 bits per heavy atom. The lowest BCUT2D eigenvalue weighted by Gasteiger charge is -2.01. The van der Waals surface area contributed by atoms with Gasteiger partial charge in [0.25, 0.3) is 0 Å². The minimum absolute atomic E-state index is 0.410. The van der Waals surface area contributed by atoms with E-state index in [-0.39, 0.29) is 0 Å². The van der Waals surface area contributed by atoms with Crippen molar-refractivity contribution in [2.24, 2.45) is 5.73 Å². The van der Waals surface area contributed by atoms with Gasteiger partial charge in [-0.05, 0) is 34.5 Å². The molecule has 0 aliphatic carbocycles. The monoisotopic (exact) mass is 244 g/mol. The maximum atomic E-state index is 5.49. The van der Waals surface area contributed by atoms with Crippen LogP contribution in [-0.2, 0) is 6.42 Å². The second-order valence-corrected chi connectivity index (χ2v) is 3.64. The van der Waals surface area contributed by atoms with Gasteiger partial charge in [0.15, 0.2) is 0 Å². The van der Waals surface area contributed by atoms with Crippen molar-refractivity contribution >= 4 is 33.1 Å². The SMILES string of the molecule is CCc1cc(C(N)=S)cc(Br)n1. The predicted octanol–water partition coefficient (Wildman–Crippen LogP) is 2.04. The largest absolute Gasteiger partial charge is 0.389 e. The number of halogens is 1. The molecule has 1 aromatic rings. The Kier molecular flexibility index (Phi) is 3.17. The summed E-state index contributed by atoms with van der Waals surface area (Å²) in [5.41, 5.74) is 7.35. The first kappa shape index (κ1) is 9.61. The average Bonchev–Trinajstić information content (AvgIpc) is 2.03. The summed E-state index contributed by atoms with van der Waals surface area (Å²) in [6.45, 7) is 2.04. The topological polar surface area (TPSA) is 38.9 Å². The van der Waals surface area contributed by atoms with Crippen LogP contribution in [0.2, 0.25) is 0 Å². The fraction of sp³-hybridized carbons (Fsp3) is 0.250. The molecule has 1 heterocycles. The number of pyridine rings is 1. The van der Waals surface area contributed by atoms with Crippen LogP contribution in [0.25, 0.3) is 0 Å². The van der Waals surface area contributed by atoms with Crippen LogP contribution in [0, 0.1) is 0 Å². The Morgan fingerprint density at radius 1 is 1.67 bits per heavy atom. The highest BCUT2D eigenvalue weighted by molar-refractivity contribution is 9.10. The van der Waals surface area contributed by atoms with Crippen molar-refractivity contribution in [1.82, 2.24) is 4.98 Å². The number of hydrogen-bond acceptors (Lipinski definition) is 2. The number of aryl methyl sites for hydroxylation is 1. The van der Waals surface area contributed by atoms with E-state index in [1.165, 1.54) is 0 Å². The lowest BCUT2D eigenvalue weighted by atomic mass is 10.2. The molecule has 0 aliphatic rings. The number of nitrogens with zero attached hydrogens (tertiary/aromatic N) is 1. The lowest BCUT2D eigenvalue weighted by Crippen LogP contribution is -2.10. The molecule has 0 bridgehead atoms. The quantitative estimate of drug-likeness (QED) is 0.640. The van der Waals surface area contributed by atoms with Crippen molar-refractivity contribution < 1.29 is 0 Å². The van der Waals surface area contributed by atoms with E-state index in [1.807, 2.05) is 19.1 Å². The van der Waals surface area contributed by atoms with Crippen LogP contribution < -0.4 is 5.73 Å². The molecule has 0 saturated carbocycles. The highest BCUT2D eigenvalue weighted by Crippen LogP contribution is 2.11. The van der Waals surface area contributed by atoms with E-state index in [2.05, 4.69) is 20.9 Å². The molecule has 0 aromatic carbocycles. The van der Waals surface area contributed by atoms with Gasteiger partial charge >= 0.3 is 0 Å². The van der Waals surface area contributed by atoms with E-state index >= 15 is 0 Å². The minimum Gasteiger partial charge on any atom is -0.389 e. The van der Waals surface area contributed by atoms with E-state index in [0.29, 0.717) is 4.99 Å². The molecule has 0 radical (unpaired) electrons. The Bertz CT molecular complexity index is 312. The van der Waals surface area contributed by atoms with Crippen LogP contribution in [0.15, 0.2) is 16.7 Å². The first-order chi connectivity index (χ1) is 5.63. The normalized spacial score (nSPS) is 9.83. The Morgan fingerprint density at radius 3 is 2.83 bits per heavy atom. The summed E-state index contributed by atoms with van der Waals surface area (Å²) >= 11 is 8.15. The second-order valence-electron chi connectivity index (χ2n) is 2.39. The van der Waals surface area contributed by atoms with Gasteiger partial charge in [0.05, 0.1) is 0 Å². The maximum Gasteiger partial charge on any atom is 0.107 e. The van der Waals surface area contributed by atoms with Crippen molar-refractivity contribution in [3.8, 4) is 0 Å². The average molecular weight is 245 g/mol. The van der Waals surface area contributed by atoms with Crippen LogP contribution in [0.5, 0.6) is 0 Å². The van der Waals surface area contributed by atoms with Gasteiger partial charge in [-0.15, -0.1) is 0 Å². The molecule has 2 nitrogen and oxygen atoms in total. The second kappa shape index (κ2) is 3.96. The Labute approximate surface area is 85.3 Å². The summed E-state index contributed by atoms with van der Waals surface area (Å²) < 4.78 is 0.782. The highest BCUT2D eigenvalue weighted by Gasteiger charge is 2.00. The van der Waals surface area contributed by atoms with Gasteiger partial charge in [0, 0.05) is 11.3 Å². The fourth-order valence-corrected chi connectivity index (χ4v) is 1.47. The molecule has 0 amide bonds. The van der Waals surface area contributed by atoms with E-state index in [9.17, 15) is 0 Å². The first-order valence-corrected chi connectivity index (χ1v) is 4.80. The van der Waals surface area contributed by atoms with Gasteiger partial charge < -0.3 is 5.73 Å². The van der Waals surface area contributed by atoms with Crippen LogP contribution in [0.3, 0.4) is 0 Å². The Hall–Kier alpha value is -0.480. The molecular formula is C8H9BrN2S. The molecule has 0 aliphatic heterocycles. The molecule has 1 rings (SSSR count). The van der Waals surface area contributed by atoms with Gasteiger partial charge in [0.2, 0.25) is 0 Å². The van der Waals surface area contributed by atoms with Crippen molar-refractivity contribution in [2.45, 2.75) is 13.3 Å². The zero-order valence-corrected chi connectivity index (χ0v) is 9.08. The van der Waals surface area contributed by atoms with Gasteiger partial charge in [-0.2, -0.15) is 0 Å². The van der Waals surface area contributed by atoms with E-state index < -0.39 is 0 Å². The molecule has 2 N–H and O–H groups in total. The molecule has 0 saturated heterocycles. The summed E-state index contributed by atoms with van der Waals surface area (Å²) in [5, 5.41) is 0. The molecule has 0 atom stereocenters. The lowest BCUT2D eigenvalue weighted by molar-refractivity contribution is 1.02. The molecule has 0 spiro atoms. The molecule has 12 heavy (non-hydrogen) atoms. The van der Waals surface area contributed by atoms with Crippen molar-refractivity contribution in [3.05, 3.63) is 28.0 Å². The standard InChI is InChI=1S/C8H9BrN2S/c1-2-6-3-5(8(10)12)4-7(9)11-6/h3-4H,2H2,1H3,(H2,10,12).